The Morgan fingerprint density at radius 2 is 2.16 bits per heavy atom. The molecule has 1 aromatic rings. The molecule has 136 valence electrons. The fourth-order valence-electron chi connectivity index (χ4n) is 3.23. The van der Waals surface area contributed by atoms with Crippen LogP contribution in [0.25, 0.3) is 6.08 Å². The molecule has 25 heavy (non-hydrogen) atoms. The number of nitrogens with one attached hydrogen (secondary N) is 1. The molecule has 1 aromatic heterocycles. The molecule has 1 heterocycles. The molecule has 5 heteroatoms. The van der Waals surface area contributed by atoms with E-state index in [9.17, 15) is 10.1 Å². The third kappa shape index (κ3) is 4.96. The molecule has 0 saturated heterocycles. The van der Waals surface area contributed by atoms with E-state index in [0.717, 1.165) is 36.3 Å². The Kier molecular flexibility index (Phi) is 6.44. The van der Waals surface area contributed by atoms with Crippen molar-refractivity contribution in [1.82, 2.24) is 9.88 Å². The summed E-state index contributed by atoms with van der Waals surface area (Å²) in [5.41, 5.74) is 3.23. The van der Waals surface area contributed by atoms with Crippen LogP contribution in [0.15, 0.2) is 11.6 Å². The van der Waals surface area contributed by atoms with Crippen molar-refractivity contribution in [2.24, 2.45) is 11.8 Å². The van der Waals surface area contributed by atoms with Gasteiger partial charge in [0.25, 0.3) is 5.91 Å². The van der Waals surface area contributed by atoms with E-state index < -0.39 is 0 Å². The van der Waals surface area contributed by atoms with Gasteiger partial charge in [-0.2, -0.15) is 5.26 Å². The highest BCUT2D eigenvalue weighted by atomic mass is 16.3. The number of hydrogen-bond donors (Lipinski definition) is 2. The first kappa shape index (κ1) is 19.3. The van der Waals surface area contributed by atoms with E-state index in [1.165, 1.54) is 0 Å². The van der Waals surface area contributed by atoms with E-state index in [2.05, 4.69) is 23.7 Å². The van der Waals surface area contributed by atoms with E-state index in [4.69, 9.17) is 5.11 Å². The maximum absolute atomic E-state index is 12.5. The van der Waals surface area contributed by atoms with Crippen molar-refractivity contribution in [3.8, 4) is 6.07 Å². The van der Waals surface area contributed by atoms with Gasteiger partial charge in [-0.25, -0.2) is 0 Å². The minimum Gasteiger partial charge on any atom is -0.396 e. The second-order valence-electron chi connectivity index (χ2n) is 7.43. The molecule has 2 N–H and O–H groups in total. The second-order valence-corrected chi connectivity index (χ2v) is 7.43. The number of nitriles is 1. The molecule has 1 saturated carbocycles. The van der Waals surface area contributed by atoms with Gasteiger partial charge in [-0.15, -0.1) is 0 Å². The number of aryl methyl sites for hydroxylation is 1. The Hall–Kier alpha value is -2.06. The number of carbonyl (C=O) groups is 1. The summed E-state index contributed by atoms with van der Waals surface area (Å²) >= 11 is 0. The normalized spacial score (nSPS) is 16.0. The molecule has 5 nitrogen and oxygen atoms in total. The highest BCUT2D eigenvalue weighted by Gasteiger charge is 2.32. The number of hydrogen-bond acceptors (Lipinski definition) is 3. The topological polar surface area (TPSA) is 78.1 Å². The van der Waals surface area contributed by atoms with Crippen LogP contribution in [0, 0.1) is 37.0 Å². The molecule has 1 aliphatic carbocycles. The number of aliphatic hydroxyl groups is 1. The summed E-state index contributed by atoms with van der Waals surface area (Å²) in [4.78, 5) is 12.5. The van der Waals surface area contributed by atoms with Crippen molar-refractivity contribution in [2.75, 3.05) is 6.61 Å². The Balaban J connectivity index is 2.19. The number of aliphatic hydroxyl groups excluding tert-OH is 1. The Morgan fingerprint density at radius 1 is 1.48 bits per heavy atom. The van der Waals surface area contributed by atoms with E-state index in [-0.39, 0.29) is 24.1 Å². The molecule has 1 fully saturated rings. The molecule has 0 aromatic carbocycles. The maximum atomic E-state index is 12.5. The molecule has 2 rings (SSSR count). The van der Waals surface area contributed by atoms with Crippen molar-refractivity contribution in [3.05, 3.63) is 28.6 Å². The van der Waals surface area contributed by atoms with Gasteiger partial charge in [0, 0.05) is 30.6 Å². The Bertz CT molecular complexity index is 691. The quantitative estimate of drug-likeness (QED) is 0.563. The number of nitrogens with zero attached hydrogens (tertiary/aromatic N) is 2. The van der Waals surface area contributed by atoms with Crippen molar-refractivity contribution >= 4 is 12.0 Å². The lowest BCUT2D eigenvalue weighted by atomic mass is 10.1. The summed E-state index contributed by atoms with van der Waals surface area (Å²) in [5, 5.41) is 21.5. The van der Waals surface area contributed by atoms with Crippen molar-refractivity contribution < 1.29 is 9.90 Å². The van der Waals surface area contributed by atoms with E-state index in [1.54, 1.807) is 6.08 Å². The highest BCUT2D eigenvalue weighted by molar-refractivity contribution is 6.02. The van der Waals surface area contributed by atoms with Crippen molar-refractivity contribution in [1.29, 1.82) is 5.26 Å². The van der Waals surface area contributed by atoms with Gasteiger partial charge in [0.15, 0.2) is 0 Å². The zero-order valence-corrected chi connectivity index (χ0v) is 15.7. The number of rotatable bonds is 8. The standard InChI is InChI=1S/C20H29N3O2/c1-13(2)12-23-14(3)9-17(15(23)4)10-18(11-21)20(25)22-19(7-8-24)16-5-6-16/h9-10,13,16,19,24H,5-8,12H2,1-4H3,(H,22,25)/b18-10-. The fourth-order valence-corrected chi connectivity index (χ4v) is 3.23. The lowest BCUT2D eigenvalue weighted by Crippen LogP contribution is -2.37. The third-order valence-corrected chi connectivity index (χ3v) is 4.77. The van der Waals surface area contributed by atoms with Crippen LogP contribution in [-0.2, 0) is 11.3 Å². The van der Waals surface area contributed by atoms with Crippen LogP contribution in [0.5, 0.6) is 0 Å². The molecule has 1 amide bonds. The van der Waals surface area contributed by atoms with Crippen LogP contribution in [0.1, 0.15) is 50.1 Å². The van der Waals surface area contributed by atoms with Gasteiger partial charge in [-0.3, -0.25) is 4.79 Å². The minimum atomic E-state index is -0.346. The smallest absolute Gasteiger partial charge is 0.262 e. The van der Waals surface area contributed by atoms with Gasteiger partial charge in [-0.05, 0) is 62.7 Å². The van der Waals surface area contributed by atoms with E-state index in [1.807, 2.05) is 26.0 Å². The first-order valence-electron chi connectivity index (χ1n) is 9.07. The predicted molar refractivity (Wildman–Crippen MR) is 98.7 cm³/mol. The molecule has 0 aliphatic heterocycles. The average molecular weight is 343 g/mol. The zero-order valence-electron chi connectivity index (χ0n) is 15.7. The molecule has 1 aliphatic rings. The van der Waals surface area contributed by atoms with E-state index in [0.29, 0.717) is 18.3 Å². The molecular weight excluding hydrogens is 314 g/mol. The number of carbonyl (C=O) groups excluding carboxylic acids is 1. The Morgan fingerprint density at radius 3 is 2.68 bits per heavy atom. The highest BCUT2D eigenvalue weighted by Crippen LogP contribution is 2.34. The largest absolute Gasteiger partial charge is 0.396 e. The van der Waals surface area contributed by atoms with Gasteiger partial charge in [0.2, 0.25) is 0 Å². The molecule has 1 atom stereocenters. The second kappa shape index (κ2) is 8.35. The molecule has 0 radical (unpaired) electrons. The summed E-state index contributed by atoms with van der Waals surface area (Å²) in [5.74, 6) is 0.617. The maximum Gasteiger partial charge on any atom is 0.262 e. The predicted octanol–water partition coefficient (Wildman–Crippen LogP) is 2.95. The Labute approximate surface area is 150 Å². The lowest BCUT2D eigenvalue weighted by Gasteiger charge is -2.16. The van der Waals surface area contributed by atoms with Crippen molar-refractivity contribution in [3.63, 3.8) is 0 Å². The van der Waals surface area contributed by atoms with E-state index >= 15 is 0 Å². The van der Waals surface area contributed by atoms with Gasteiger partial charge in [-0.1, -0.05) is 13.8 Å². The molecular formula is C20H29N3O2. The zero-order chi connectivity index (χ0) is 18.6. The summed E-state index contributed by atoms with van der Waals surface area (Å²) in [7, 11) is 0. The van der Waals surface area contributed by atoms with Gasteiger partial charge >= 0.3 is 0 Å². The molecule has 0 spiro atoms. The van der Waals surface area contributed by atoms with Crippen molar-refractivity contribution in [2.45, 2.75) is 59.5 Å². The van der Waals surface area contributed by atoms with Crippen LogP contribution in [0.2, 0.25) is 0 Å². The lowest BCUT2D eigenvalue weighted by molar-refractivity contribution is -0.117. The first-order chi connectivity index (χ1) is 11.9. The van der Waals surface area contributed by atoms with Crippen LogP contribution in [0.3, 0.4) is 0 Å². The van der Waals surface area contributed by atoms with Crippen LogP contribution < -0.4 is 5.32 Å². The summed E-state index contributed by atoms with van der Waals surface area (Å²) in [6, 6.07) is 4.01. The summed E-state index contributed by atoms with van der Waals surface area (Å²) < 4.78 is 2.22. The molecule has 1 unspecified atom stereocenters. The minimum absolute atomic E-state index is 0.0392. The van der Waals surface area contributed by atoms with Gasteiger partial charge in [0.1, 0.15) is 11.6 Å². The SMILES string of the molecule is Cc1cc(/C=C(/C#N)C(=O)NC(CCO)C2CC2)c(C)n1CC(C)C. The first-order valence-corrected chi connectivity index (χ1v) is 9.07. The van der Waals surface area contributed by atoms with Crippen LogP contribution >= 0.6 is 0 Å². The monoisotopic (exact) mass is 343 g/mol. The van der Waals surface area contributed by atoms with Crippen LogP contribution in [0.4, 0.5) is 0 Å². The third-order valence-electron chi connectivity index (χ3n) is 4.77. The van der Waals surface area contributed by atoms with Crippen LogP contribution in [-0.4, -0.2) is 28.2 Å². The number of amides is 1. The fraction of sp³-hybridized carbons (Fsp3) is 0.600. The number of aromatic nitrogens is 1. The average Bonchev–Trinajstić information content (AvgIpc) is 3.36. The summed E-state index contributed by atoms with van der Waals surface area (Å²) in [6.45, 7) is 9.36. The molecule has 0 bridgehead atoms. The summed E-state index contributed by atoms with van der Waals surface area (Å²) in [6.07, 6.45) is 4.37. The van der Waals surface area contributed by atoms with Gasteiger partial charge in [0.05, 0.1) is 0 Å². The van der Waals surface area contributed by atoms with Gasteiger partial charge < -0.3 is 15.0 Å².